The van der Waals surface area contributed by atoms with Crippen molar-refractivity contribution < 1.29 is 19.2 Å². The van der Waals surface area contributed by atoms with Gasteiger partial charge in [0.2, 0.25) is 0 Å². The number of methoxy groups -OCH3 is 1. The summed E-state index contributed by atoms with van der Waals surface area (Å²) in [6, 6.07) is 5.97. The molecule has 1 aromatic rings. The van der Waals surface area contributed by atoms with Crippen molar-refractivity contribution in [2.24, 2.45) is 0 Å². The number of ether oxygens (including phenoxy) is 2. The van der Waals surface area contributed by atoms with Gasteiger partial charge in [0.25, 0.3) is 5.76 Å². The largest absolute Gasteiger partial charge is 0.463 e. The van der Waals surface area contributed by atoms with Crippen LogP contribution < -0.4 is 4.74 Å². The Morgan fingerprint density at radius 3 is 2.39 bits per heavy atom. The van der Waals surface area contributed by atoms with E-state index in [1.807, 2.05) is 0 Å². The second kappa shape index (κ2) is 6.36. The first-order chi connectivity index (χ1) is 8.45. The summed E-state index contributed by atoms with van der Waals surface area (Å²) >= 11 is 8.33. The van der Waals surface area contributed by atoms with Crippen LogP contribution in [0.25, 0.3) is 0 Å². The van der Waals surface area contributed by atoms with Crippen LogP contribution in [0.5, 0.6) is 5.75 Å². The molecule has 0 aliphatic heterocycles. The number of carbonyl (C=O) groups excluding carboxylic acids is 1. The molecule has 0 fully saturated rings. The summed E-state index contributed by atoms with van der Waals surface area (Å²) in [6.45, 7) is 0. The van der Waals surface area contributed by atoms with Crippen LogP contribution in [0.2, 0.25) is 5.02 Å². The molecule has 0 bridgehead atoms. The second-order valence-electron chi connectivity index (χ2n) is 2.92. The van der Waals surface area contributed by atoms with Crippen molar-refractivity contribution in [3.8, 4) is 5.75 Å². The Morgan fingerprint density at radius 2 is 1.94 bits per heavy atom. The Kier molecular flexibility index (Phi) is 5.11. The van der Waals surface area contributed by atoms with Crippen LogP contribution >= 0.6 is 27.5 Å². The summed E-state index contributed by atoms with van der Waals surface area (Å²) in [7, 11) is 1.09. The van der Waals surface area contributed by atoms with Gasteiger partial charge in [0.1, 0.15) is 5.75 Å². The van der Waals surface area contributed by atoms with Crippen LogP contribution in [0.4, 0.5) is 0 Å². The zero-order valence-corrected chi connectivity index (χ0v) is 11.4. The van der Waals surface area contributed by atoms with Crippen molar-refractivity contribution >= 4 is 33.5 Å². The van der Waals surface area contributed by atoms with E-state index in [0.717, 1.165) is 7.11 Å². The molecule has 0 aromatic heterocycles. The molecule has 0 aliphatic rings. The van der Waals surface area contributed by atoms with Gasteiger partial charge in [0.05, 0.1) is 12.0 Å². The lowest BCUT2D eigenvalue weighted by Gasteiger charge is -2.07. The summed E-state index contributed by atoms with van der Waals surface area (Å²) in [4.78, 5) is 21.2. The minimum absolute atomic E-state index is 0.221. The van der Waals surface area contributed by atoms with Gasteiger partial charge >= 0.3 is 10.6 Å². The van der Waals surface area contributed by atoms with E-state index in [9.17, 15) is 14.9 Å². The second-order valence-corrected chi connectivity index (χ2v) is 4.11. The fraction of sp³-hybridized carbons (Fsp3) is 0.100. The van der Waals surface area contributed by atoms with Crippen molar-refractivity contribution in [2.75, 3.05) is 7.11 Å². The molecule has 6 nitrogen and oxygen atoms in total. The van der Waals surface area contributed by atoms with Gasteiger partial charge in [0.15, 0.2) is 0 Å². The highest BCUT2D eigenvalue weighted by Gasteiger charge is 2.26. The van der Waals surface area contributed by atoms with Crippen molar-refractivity contribution in [3.05, 3.63) is 49.8 Å². The van der Waals surface area contributed by atoms with Gasteiger partial charge in [-0.25, -0.2) is 4.79 Å². The van der Waals surface area contributed by atoms with Crippen LogP contribution in [0.1, 0.15) is 0 Å². The number of nitrogens with zero attached hydrogens (tertiary/aromatic N) is 1. The normalized spacial score (nSPS) is 11.5. The number of esters is 1. The number of benzene rings is 1. The predicted molar refractivity (Wildman–Crippen MR) is 67.0 cm³/mol. The summed E-state index contributed by atoms with van der Waals surface area (Å²) in [5.41, 5.74) is 0. The minimum atomic E-state index is -0.964. The molecule has 0 atom stereocenters. The molecule has 0 saturated carbocycles. The molecule has 0 aliphatic carbocycles. The SMILES string of the molecule is COC(=O)C(Oc1ccc(Cl)cc1)=C(Br)[N+](=O)[O-]. The molecule has 1 rings (SSSR count). The van der Waals surface area contributed by atoms with E-state index in [2.05, 4.69) is 20.7 Å². The summed E-state index contributed by atoms with van der Waals surface area (Å²) in [6.07, 6.45) is 0. The first-order valence-corrected chi connectivity index (χ1v) is 5.68. The Morgan fingerprint density at radius 1 is 1.39 bits per heavy atom. The maximum atomic E-state index is 11.4. The van der Waals surface area contributed by atoms with Crippen molar-refractivity contribution in [3.63, 3.8) is 0 Å². The fourth-order valence-corrected chi connectivity index (χ4v) is 1.33. The lowest BCUT2D eigenvalue weighted by molar-refractivity contribution is -0.411. The highest BCUT2D eigenvalue weighted by molar-refractivity contribution is 9.11. The van der Waals surface area contributed by atoms with E-state index in [1.54, 1.807) is 0 Å². The van der Waals surface area contributed by atoms with Gasteiger partial charge in [-0.2, -0.15) is 0 Å². The zero-order chi connectivity index (χ0) is 13.7. The number of hydrogen-bond acceptors (Lipinski definition) is 5. The van der Waals surface area contributed by atoms with Gasteiger partial charge in [-0.05, 0) is 24.3 Å². The third-order valence-electron chi connectivity index (χ3n) is 1.75. The predicted octanol–water partition coefficient (Wildman–Crippen LogP) is 2.73. The van der Waals surface area contributed by atoms with Crippen LogP contribution in [-0.4, -0.2) is 18.0 Å². The monoisotopic (exact) mass is 335 g/mol. The Bertz CT molecular complexity index is 499. The third kappa shape index (κ3) is 3.71. The van der Waals surface area contributed by atoms with E-state index in [4.69, 9.17) is 16.3 Å². The quantitative estimate of drug-likeness (QED) is 0.211. The maximum Gasteiger partial charge on any atom is 0.382 e. The average molecular weight is 337 g/mol. The summed E-state index contributed by atoms with van der Waals surface area (Å²) in [5.74, 6) is -1.29. The number of nitro groups is 1. The van der Waals surface area contributed by atoms with E-state index in [1.165, 1.54) is 24.3 Å². The topological polar surface area (TPSA) is 78.7 Å². The van der Waals surface area contributed by atoms with Gasteiger partial charge in [-0.1, -0.05) is 11.6 Å². The molecular formula is C10H7BrClNO5. The Balaban J connectivity index is 3.07. The van der Waals surface area contributed by atoms with Gasteiger partial charge < -0.3 is 9.47 Å². The number of hydrogen-bond donors (Lipinski definition) is 0. The summed E-state index contributed by atoms with van der Waals surface area (Å²) in [5, 5.41) is 11.1. The molecule has 1 aromatic carbocycles. The average Bonchev–Trinajstić information content (AvgIpc) is 2.36. The van der Waals surface area contributed by atoms with Crippen molar-refractivity contribution in [1.29, 1.82) is 0 Å². The van der Waals surface area contributed by atoms with Gasteiger partial charge in [-0.3, -0.25) is 10.1 Å². The molecule has 0 unspecified atom stereocenters. The molecular weight excluding hydrogens is 329 g/mol. The molecule has 0 spiro atoms. The molecule has 18 heavy (non-hydrogen) atoms. The minimum Gasteiger partial charge on any atom is -0.463 e. The number of halogens is 2. The Hall–Kier alpha value is -1.60. The van der Waals surface area contributed by atoms with Gasteiger partial charge in [-0.15, -0.1) is 0 Å². The van der Waals surface area contributed by atoms with E-state index in [-0.39, 0.29) is 5.75 Å². The third-order valence-corrected chi connectivity index (χ3v) is 2.65. The molecule has 0 heterocycles. The van der Waals surface area contributed by atoms with Crippen LogP contribution in [0.15, 0.2) is 34.6 Å². The van der Waals surface area contributed by atoms with Crippen molar-refractivity contribution in [2.45, 2.75) is 0 Å². The van der Waals surface area contributed by atoms with Crippen molar-refractivity contribution in [1.82, 2.24) is 0 Å². The van der Waals surface area contributed by atoms with Crippen LogP contribution in [0.3, 0.4) is 0 Å². The van der Waals surface area contributed by atoms with E-state index in [0.29, 0.717) is 5.02 Å². The summed E-state index contributed by atoms with van der Waals surface area (Å²) < 4.78 is 8.88. The standard InChI is InChI=1S/C10H7BrClNO5/c1-17-10(14)8(9(11)13(15)16)18-7-4-2-6(12)3-5-7/h2-5H,1H3. The fourth-order valence-electron chi connectivity index (χ4n) is 0.964. The molecule has 0 N–H and O–H groups in total. The number of carbonyl (C=O) groups is 1. The molecule has 8 heteroatoms. The zero-order valence-electron chi connectivity index (χ0n) is 9.05. The van der Waals surface area contributed by atoms with Crippen LogP contribution in [-0.2, 0) is 9.53 Å². The highest BCUT2D eigenvalue weighted by Crippen LogP contribution is 2.22. The first kappa shape index (κ1) is 14.5. The molecule has 0 amide bonds. The van der Waals surface area contributed by atoms with E-state index >= 15 is 0 Å². The Labute approximate surface area is 115 Å². The highest BCUT2D eigenvalue weighted by atomic mass is 79.9. The van der Waals surface area contributed by atoms with Crippen LogP contribution in [0, 0.1) is 10.1 Å². The van der Waals surface area contributed by atoms with E-state index < -0.39 is 21.3 Å². The number of rotatable bonds is 4. The smallest absolute Gasteiger partial charge is 0.382 e. The first-order valence-electron chi connectivity index (χ1n) is 4.51. The lowest BCUT2D eigenvalue weighted by Crippen LogP contribution is -2.15. The molecule has 0 saturated heterocycles. The molecule has 0 radical (unpaired) electrons. The lowest BCUT2D eigenvalue weighted by atomic mass is 10.3. The van der Waals surface area contributed by atoms with Gasteiger partial charge in [0, 0.05) is 21.0 Å². The maximum absolute atomic E-state index is 11.4. The molecule has 96 valence electrons.